The zero-order chi connectivity index (χ0) is 11.5. The number of nitrogens with one attached hydrogen (secondary N) is 1. The first kappa shape index (κ1) is 11.1. The molecule has 3 N–H and O–H groups in total. The molecular weight excluding hydrogens is 200 g/mol. The van der Waals surface area contributed by atoms with E-state index in [0.29, 0.717) is 0 Å². The van der Waals surface area contributed by atoms with Crippen LogP contribution >= 0.6 is 0 Å². The lowest BCUT2D eigenvalue weighted by Crippen LogP contribution is -2.50. The van der Waals surface area contributed by atoms with E-state index < -0.39 is 0 Å². The van der Waals surface area contributed by atoms with Crippen molar-refractivity contribution in [2.75, 3.05) is 0 Å². The fourth-order valence-corrected chi connectivity index (χ4v) is 2.09. The molecular formula is C13H18N2O. The van der Waals surface area contributed by atoms with Gasteiger partial charge in [-0.25, -0.2) is 0 Å². The summed E-state index contributed by atoms with van der Waals surface area (Å²) in [5, 5.41) is 3.02. The van der Waals surface area contributed by atoms with Gasteiger partial charge in [-0.3, -0.25) is 4.79 Å². The molecule has 0 aromatic heterocycles. The lowest BCUT2D eigenvalue weighted by molar-refractivity contribution is 0.0909. The second kappa shape index (κ2) is 4.66. The van der Waals surface area contributed by atoms with Crippen molar-refractivity contribution >= 4 is 5.91 Å². The van der Waals surface area contributed by atoms with Crippen LogP contribution in [0.3, 0.4) is 0 Å². The average Bonchev–Trinajstić information content (AvgIpc) is 2.27. The van der Waals surface area contributed by atoms with Crippen LogP contribution in [0.1, 0.15) is 35.7 Å². The molecule has 0 heterocycles. The fourth-order valence-electron chi connectivity index (χ4n) is 2.09. The predicted octanol–water partition coefficient (Wildman–Crippen LogP) is 1.47. The predicted molar refractivity (Wildman–Crippen MR) is 64.3 cm³/mol. The van der Waals surface area contributed by atoms with Gasteiger partial charge in [0.25, 0.3) is 5.91 Å². The van der Waals surface area contributed by atoms with Gasteiger partial charge in [0.15, 0.2) is 0 Å². The van der Waals surface area contributed by atoms with E-state index >= 15 is 0 Å². The van der Waals surface area contributed by atoms with E-state index in [0.717, 1.165) is 30.4 Å². The van der Waals surface area contributed by atoms with Crippen LogP contribution in [-0.2, 0) is 6.42 Å². The van der Waals surface area contributed by atoms with Crippen LogP contribution < -0.4 is 11.1 Å². The summed E-state index contributed by atoms with van der Waals surface area (Å²) in [6, 6.07) is 8.29. The highest BCUT2D eigenvalue weighted by Gasteiger charge is 2.27. The first-order valence-electron chi connectivity index (χ1n) is 5.85. The molecule has 1 amide bonds. The number of carbonyl (C=O) groups excluding carboxylic acids is 1. The molecule has 0 unspecified atom stereocenters. The van der Waals surface area contributed by atoms with E-state index in [1.54, 1.807) is 0 Å². The monoisotopic (exact) mass is 218 g/mol. The second-order valence-electron chi connectivity index (χ2n) is 4.41. The fraction of sp³-hybridized carbons (Fsp3) is 0.462. The highest BCUT2D eigenvalue weighted by Crippen LogP contribution is 2.18. The maximum atomic E-state index is 12.0. The summed E-state index contributed by atoms with van der Waals surface area (Å²) in [7, 11) is 0. The normalized spacial score (nSPS) is 23.6. The first-order chi connectivity index (χ1) is 7.70. The molecule has 1 aromatic rings. The molecule has 0 aliphatic heterocycles. The topological polar surface area (TPSA) is 55.1 Å². The van der Waals surface area contributed by atoms with E-state index in [2.05, 4.69) is 12.2 Å². The lowest BCUT2D eigenvalue weighted by atomic mass is 9.87. The molecule has 1 aliphatic rings. The first-order valence-corrected chi connectivity index (χ1v) is 5.85. The van der Waals surface area contributed by atoms with Gasteiger partial charge < -0.3 is 11.1 Å². The lowest BCUT2D eigenvalue weighted by Gasteiger charge is -2.33. The van der Waals surface area contributed by atoms with Crippen LogP contribution in [0.2, 0.25) is 0 Å². The smallest absolute Gasteiger partial charge is 0.251 e. The van der Waals surface area contributed by atoms with Crippen molar-refractivity contribution in [2.45, 2.75) is 38.3 Å². The number of rotatable bonds is 3. The Labute approximate surface area is 96.0 Å². The van der Waals surface area contributed by atoms with Gasteiger partial charge in [0.1, 0.15) is 0 Å². The Morgan fingerprint density at radius 2 is 2.12 bits per heavy atom. The third-order valence-electron chi connectivity index (χ3n) is 3.15. The van der Waals surface area contributed by atoms with Crippen molar-refractivity contribution in [1.82, 2.24) is 5.32 Å². The standard InChI is InChI=1S/C13H18N2O/c1-2-9-5-3-4-6-12(9)13(16)15-11-7-10(14)8-11/h3-6,10-11H,2,7-8,14H2,1H3,(H,15,16). The van der Waals surface area contributed by atoms with E-state index in [1.165, 1.54) is 0 Å². The Balaban J connectivity index is 2.03. The maximum Gasteiger partial charge on any atom is 0.251 e. The summed E-state index contributed by atoms with van der Waals surface area (Å²) >= 11 is 0. The zero-order valence-electron chi connectivity index (χ0n) is 9.57. The van der Waals surface area contributed by atoms with Gasteiger partial charge in [-0.1, -0.05) is 25.1 Å². The maximum absolute atomic E-state index is 12.0. The third kappa shape index (κ3) is 2.25. The Morgan fingerprint density at radius 1 is 1.44 bits per heavy atom. The highest BCUT2D eigenvalue weighted by molar-refractivity contribution is 5.95. The largest absolute Gasteiger partial charge is 0.349 e. The Bertz CT molecular complexity index is 383. The molecule has 86 valence electrons. The van der Waals surface area contributed by atoms with Crippen molar-refractivity contribution < 1.29 is 4.79 Å². The van der Waals surface area contributed by atoms with Crippen molar-refractivity contribution in [2.24, 2.45) is 5.73 Å². The van der Waals surface area contributed by atoms with Crippen molar-refractivity contribution in [1.29, 1.82) is 0 Å². The van der Waals surface area contributed by atoms with Crippen LogP contribution in [-0.4, -0.2) is 18.0 Å². The SMILES string of the molecule is CCc1ccccc1C(=O)NC1CC(N)C1. The Hall–Kier alpha value is -1.35. The van der Waals surface area contributed by atoms with Crippen LogP contribution in [0, 0.1) is 0 Å². The summed E-state index contributed by atoms with van der Waals surface area (Å²) < 4.78 is 0. The number of hydrogen-bond donors (Lipinski definition) is 2. The second-order valence-corrected chi connectivity index (χ2v) is 4.41. The van der Waals surface area contributed by atoms with E-state index in [9.17, 15) is 4.79 Å². The number of benzene rings is 1. The summed E-state index contributed by atoms with van der Waals surface area (Å²) in [5.41, 5.74) is 7.59. The van der Waals surface area contributed by atoms with Gasteiger partial charge in [0.05, 0.1) is 0 Å². The molecule has 16 heavy (non-hydrogen) atoms. The Morgan fingerprint density at radius 3 is 2.75 bits per heavy atom. The van der Waals surface area contributed by atoms with Crippen molar-refractivity contribution in [3.63, 3.8) is 0 Å². The van der Waals surface area contributed by atoms with Gasteiger partial charge >= 0.3 is 0 Å². The van der Waals surface area contributed by atoms with Crippen LogP contribution in [0.25, 0.3) is 0 Å². The van der Waals surface area contributed by atoms with Crippen LogP contribution in [0.15, 0.2) is 24.3 Å². The van der Waals surface area contributed by atoms with Crippen molar-refractivity contribution in [3.05, 3.63) is 35.4 Å². The molecule has 1 fully saturated rings. The number of hydrogen-bond acceptors (Lipinski definition) is 2. The van der Waals surface area contributed by atoms with E-state index in [4.69, 9.17) is 5.73 Å². The van der Waals surface area contributed by atoms with Gasteiger partial charge in [0, 0.05) is 17.6 Å². The van der Waals surface area contributed by atoms with Gasteiger partial charge in [-0.2, -0.15) is 0 Å². The molecule has 2 rings (SSSR count). The molecule has 1 aromatic carbocycles. The molecule has 0 atom stereocenters. The van der Waals surface area contributed by atoms with Gasteiger partial charge in [0.2, 0.25) is 0 Å². The summed E-state index contributed by atoms with van der Waals surface area (Å²) in [6.45, 7) is 2.06. The minimum atomic E-state index is 0.0364. The van der Waals surface area contributed by atoms with E-state index in [1.807, 2.05) is 24.3 Å². The third-order valence-corrected chi connectivity index (χ3v) is 3.15. The molecule has 3 heteroatoms. The van der Waals surface area contributed by atoms with Crippen molar-refractivity contribution in [3.8, 4) is 0 Å². The molecule has 0 radical (unpaired) electrons. The molecule has 1 aliphatic carbocycles. The minimum Gasteiger partial charge on any atom is -0.349 e. The average molecular weight is 218 g/mol. The number of amides is 1. The zero-order valence-corrected chi connectivity index (χ0v) is 9.57. The molecule has 1 saturated carbocycles. The highest BCUT2D eigenvalue weighted by atomic mass is 16.1. The number of nitrogens with two attached hydrogens (primary N) is 1. The minimum absolute atomic E-state index is 0.0364. The van der Waals surface area contributed by atoms with Gasteiger partial charge in [-0.15, -0.1) is 0 Å². The van der Waals surface area contributed by atoms with Gasteiger partial charge in [-0.05, 0) is 30.9 Å². The summed E-state index contributed by atoms with van der Waals surface area (Å²) in [4.78, 5) is 12.0. The molecule has 0 bridgehead atoms. The summed E-state index contributed by atoms with van der Waals surface area (Å²) in [5.74, 6) is 0.0364. The summed E-state index contributed by atoms with van der Waals surface area (Å²) in [6.07, 6.45) is 2.69. The van der Waals surface area contributed by atoms with Crippen LogP contribution in [0.5, 0.6) is 0 Å². The number of carbonyl (C=O) groups is 1. The molecule has 0 saturated heterocycles. The molecule has 3 nitrogen and oxygen atoms in total. The van der Waals surface area contributed by atoms with E-state index in [-0.39, 0.29) is 18.0 Å². The Kier molecular flexibility index (Phi) is 3.25. The van der Waals surface area contributed by atoms with Crippen LogP contribution in [0.4, 0.5) is 0 Å². The molecule has 0 spiro atoms. The quantitative estimate of drug-likeness (QED) is 0.807. The number of aryl methyl sites for hydroxylation is 1.